The van der Waals surface area contributed by atoms with Gasteiger partial charge in [0, 0.05) is 18.9 Å². The molecule has 1 atom stereocenters. The van der Waals surface area contributed by atoms with Gasteiger partial charge in [-0.15, -0.1) is 0 Å². The standard InChI is InChI=1S/C16H19N5/c1-12-14(19-9-8-18-12)16(2)11-20-15(17)21(16)10-13-6-4-3-5-7-13/h3-9H,10-11H2,1-2H3,(H2,17,20). The van der Waals surface area contributed by atoms with Crippen LogP contribution in [0.3, 0.4) is 0 Å². The van der Waals surface area contributed by atoms with E-state index in [9.17, 15) is 0 Å². The summed E-state index contributed by atoms with van der Waals surface area (Å²) in [6.07, 6.45) is 3.44. The number of aryl methyl sites for hydroxylation is 1. The van der Waals surface area contributed by atoms with Crippen LogP contribution < -0.4 is 5.73 Å². The van der Waals surface area contributed by atoms with Gasteiger partial charge in [0.05, 0.1) is 17.9 Å². The van der Waals surface area contributed by atoms with Crippen LogP contribution >= 0.6 is 0 Å². The molecule has 0 radical (unpaired) electrons. The highest BCUT2D eigenvalue weighted by molar-refractivity contribution is 5.81. The van der Waals surface area contributed by atoms with E-state index in [0.29, 0.717) is 19.0 Å². The fourth-order valence-electron chi connectivity index (χ4n) is 2.82. The van der Waals surface area contributed by atoms with Crippen molar-refractivity contribution in [2.75, 3.05) is 6.54 Å². The number of hydrogen-bond acceptors (Lipinski definition) is 5. The zero-order valence-electron chi connectivity index (χ0n) is 12.3. The predicted molar refractivity (Wildman–Crippen MR) is 82.6 cm³/mol. The SMILES string of the molecule is Cc1nccnc1C1(C)CN=C(N)N1Cc1ccccc1. The van der Waals surface area contributed by atoms with Crippen molar-refractivity contribution in [3.8, 4) is 0 Å². The number of benzene rings is 1. The Labute approximate surface area is 124 Å². The van der Waals surface area contributed by atoms with Crippen LogP contribution in [0.4, 0.5) is 0 Å². The number of guanidine groups is 1. The predicted octanol–water partition coefficient (Wildman–Crippen LogP) is 1.83. The highest BCUT2D eigenvalue weighted by Gasteiger charge is 2.41. The molecule has 1 aromatic heterocycles. The van der Waals surface area contributed by atoms with Crippen LogP contribution in [0.25, 0.3) is 0 Å². The number of nitrogens with two attached hydrogens (primary N) is 1. The normalized spacial score (nSPS) is 21.4. The van der Waals surface area contributed by atoms with Crippen molar-refractivity contribution in [3.63, 3.8) is 0 Å². The third-order valence-corrected chi connectivity index (χ3v) is 4.00. The number of aliphatic imine (C=N–C) groups is 1. The van der Waals surface area contributed by atoms with Crippen molar-refractivity contribution in [1.29, 1.82) is 0 Å². The number of nitrogens with zero attached hydrogens (tertiary/aromatic N) is 4. The van der Waals surface area contributed by atoms with Crippen molar-refractivity contribution >= 4 is 5.96 Å². The molecule has 1 aliphatic heterocycles. The molecule has 3 rings (SSSR count). The van der Waals surface area contributed by atoms with Gasteiger partial charge >= 0.3 is 0 Å². The lowest BCUT2D eigenvalue weighted by Crippen LogP contribution is -2.47. The molecule has 1 aliphatic rings. The highest BCUT2D eigenvalue weighted by atomic mass is 15.4. The van der Waals surface area contributed by atoms with Crippen LogP contribution in [0.1, 0.15) is 23.9 Å². The first-order valence-corrected chi connectivity index (χ1v) is 7.01. The van der Waals surface area contributed by atoms with Gasteiger partial charge in [-0.2, -0.15) is 0 Å². The lowest BCUT2D eigenvalue weighted by atomic mass is 9.94. The molecular formula is C16H19N5. The minimum atomic E-state index is -0.349. The van der Waals surface area contributed by atoms with Gasteiger partial charge in [0.1, 0.15) is 5.54 Å². The van der Waals surface area contributed by atoms with E-state index in [1.807, 2.05) is 25.1 Å². The highest BCUT2D eigenvalue weighted by Crippen LogP contribution is 2.33. The third kappa shape index (κ3) is 2.35. The second-order valence-electron chi connectivity index (χ2n) is 5.51. The summed E-state index contributed by atoms with van der Waals surface area (Å²) >= 11 is 0. The Morgan fingerprint density at radius 3 is 2.62 bits per heavy atom. The second-order valence-corrected chi connectivity index (χ2v) is 5.51. The monoisotopic (exact) mass is 281 g/mol. The Hall–Kier alpha value is -2.43. The lowest BCUT2D eigenvalue weighted by Gasteiger charge is -2.36. The molecule has 0 saturated heterocycles. The summed E-state index contributed by atoms with van der Waals surface area (Å²) in [7, 11) is 0. The van der Waals surface area contributed by atoms with Crippen molar-refractivity contribution in [3.05, 3.63) is 59.7 Å². The summed E-state index contributed by atoms with van der Waals surface area (Å²) in [6.45, 7) is 5.41. The topological polar surface area (TPSA) is 67.4 Å². The van der Waals surface area contributed by atoms with E-state index in [4.69, 9.17) is 5.73 Å². The second kappa shape index (κ2) is 5.16. The average molecular weight is 281 g/mol. The van der Waals surface area contributed by atoms with E-state index in [2.05, 4.69) is 38.9 Å². The zero-order chi connectivity index (χ0) is 14.9. The first-order valence-electron chi connectivity index (χ1n) is 7.01. The van der Waals surface area contributed by atoms with Gasteiger partial charge in [0.2, 0.25) is 0 Å². The number of aromatic nitrogens is 2. The van der Waals surface area contributed by atoms with E-state index < -0.39 is 0 Å². The molecule has 0 aliphatic carbocycles. The molecule has 2 N–H and O–H groups in total. The zero-order valence-corrected chi connectivity index (χ0v) is 12.3. The molecule has 108 valence electrons. The Morgan fingerprint density at radius 2 is 1.90 bits per heavy atom. The van der Waals surface area contributed by atoms with Crippen LogP contribution in [0.5, 0.6) is 0 Å². The fourth-order valence-corrected chi connectivity index (χ4v) is 2.82. The van der Waals surface area contributed by atoms with Gasteiger partial charge in [0.25, 0.3) is 0 Å². The Balaban J connectivity index is 1.97. The van der Waals surface area contributed by atoms with E-state index in [0.717, 1.165) is 11.4 Å². The van der Waals surface area contributed by atoms with Gasteiger partial charge in [-0.05, 0) is 19.4 Å². The van der Waals surface area contributed by atoms with Crippen LogP contribution in [0.15, 0.2) is 47.7 Å². The van der Waals surface area contributed by atoms with Gasteiger partial charge in [0.15, 0.2) is 5.96 Å². The third-order valence-electron chi connectivity index (χ3n) is 4.00. The summed E-state index contributed by atoms with van der Waals surface area (Å²) in [5.74, 6) is 0.561. The molecule has 1 aromatic carbocycles. The van der Waals surface area contributed by atoms with E-state index in [-0.39, 0.29) is 5.54 Å². The van der Waals surface area contributed by atoms with Gasteiger partial charge < -0.3 is 10.6 Å². The Kier molecular flexibility index (Phi) is 3.33. The quantitative estimate of drug-likeness (QED) is 0.932. The van der Waals surface area contributed by atoms with Gasteiger partial charge in [-0.3, -0.25) is 15.0 Å². The van der Waals surface area contributed by atoms with Crippen LogP contribution in [-0.2, 0) is 12.1 Å². The molecule has 0 bridgehead atoms. The summed E-state index contributed by atoms with van der Waals surface area (Å²) in [5, 5.41) is 0. The molecule has 0 amide bonds. The fraction of sp³-hybridized carbons (Fsp3) is 0.312. The first kappa shape index (κ1) is 13.5. The van der Waals surface area contributed by atoms with Crippen molar-refractivity contribution < 1.29 is 0 Å². The van der Waals surface area contributed by atoms with Crippen molar-refractivity contribution in [1.82, 2.24) is 14.9 Å². The molecule has 0 saturated carbocycles. The number of rotatable bonds is 3. The van der Waals surface area contributed by atoms with Crippen LogP contribution in [0.2, 0.25) is 0 Å². The maximum absolute atomic E-state index is 6.12. The molecule has 0 spiro atoms. The van der Waals surface area contributed by atoms with Crippen LogP contribution in [0, 0.1) is 6.92 Å². The largest absolute Gasteiger partial charge is 0.370 e. The van der Waals surface area contributed by atoms with E-state index in [1.165, 1.54) is 5.56 Å². The molecule has 21 heavy (non-hydrogen) atoms. The molecule has 5 nitrogen and oxygen atoms in total. The molecule has 2 aromatic rings. The average Bonchev–Trinajstić information content (AvgIpc) is 2.78. The summed E-state index contributed by atoms with van der Waals surface area (Å²) in [5.41, 5.74) is 8.82. The summed E-state index contributed by atoms with van der Waals surface area (Å²) in [6, 6.07) is 10.3. The minimum absolute atomic E-state index is 0.349. The smallest absolute Gasteiger partial charge is 0.192 e. The lowest BCUT2D eigenvalue weighted by molar-refractivity contribution is 0.209. The maximum Gasteiger partial charge on any atom is 0.192 e. The van der Waals surface area contributed by atoms with E-state index >= 15 is 0 Å². The first-order chi connectivity index (χ1) is 10.1. The van der Waals surface area contributed by atoms with E-state index in [1.54, 1.807) is 12.4 Å². The number of hydrogen-bond donors (Lipinski definition) is 1. The summed E-state index contributed by atoms with van der Waals surface area (Å²) < 4.78 is 0. The molecule has 5 heteroatoms. The van der Waals surface area contributed by atoms with Crippen molar-refractivity contribution in [2.24, 2.45) is 10.7 Å². The Morgan fingerprint density at radius 1 is 1.19 bits per heavy atom. The Bertz CT molecular complexity index is 667. The van der Waals surface area contributed by atoms with Gasteiger partial charge in [-0.1, -0.05) is 30.3 Å². The minimum Gasteiger partial charge on any atom is -0.370 e. The van der Waals surface area contributed by atoms with Gasteiger partial charge in [-0.25, -0.2) is 0 Å². The molecule has 0 fully saturated rings. The molecular weight excluding hydrogens is 262 g/mol. The van der Waals surface area contributed by atoms with Crippen LogP contribution in [-0.4, -0.2) is 27.4 Å². The van der Waals surface area contributed by atoms with Crippen molar-refractivity contribution in [2.45, 2.75) is 25.9 Å². The molecule has 2 heterocycles. The molecule has 1 unspecified atom stereocenters. The summed E-state index contributed by atoms with van der Waals surface area (Å²) in [4.78, 5) is 15.4. The maximum atomic E-state index is 6.12.